The minimum absolute atomic E-state index is 0. The Kier molecular flexibility index (Phi) is 25.3. The van der Waals surface area contributed by atoms with Crippen molar-refractivity contribution in [3.63, 3.8) is 0 Å². The van der Waals surface area contributed by atoms with Gasteiger partial charge in [0.2, 0.25) is 0 Å². The topological polar surface area (TPSA) is 0 Å². The summed E-state index contributed by atoms with van der Waals surface area (Å²) >= 11 is 0. The first-order valence-electron chi connectivity index (χ1n) is 9.36. The summed E-state index contributed by atoms with van der Waals surface area (Å²) in [7, 11) is 6.88. The van der Waals surface area contributed by atoms with E-state index in [0.29, 0.717) is 0 Å². The molecule has 3 heteroatoms. The molecule has 22 heavy (non-hydrogen) atoms. The van der Waals surface area contributed by atoms with E-state index in [2.05, 4.69) is 28.1 Å². The van der Waals surface area contributed by atoms with Crippen molar-refractivity contribution in [1.82, 2.24) is 0 Å². The largest absolute Gasteiger partial charge is 1.00 e. The average Bonchev–Trinajstić information content (AvgIpc) is 2.38. The van der Waals surface area contributed by atoms with Crippen LogP contribution in [0.5, 0.6) is 0 Å². The van der Waals surface area contributed by atoms with Gasteiger partial charge in [-0.1, -0.05) is 84.0 Å². The van der Waals surface area contributed by atoms with Gasteiger partial charge in [-0.15, -0.1) is 0 Å². The zero-order valence-electron chi connectivity index (χ0n) is 15.8. The minimum Gasteiger partial charge on any atom is -1.00 e. The normalized spacial score (nSPS) is 10.9. The van der Waals surface area contributed by atoms with Crippen LogP contribution >= 0.6 is 0 Å². The molecule has 0 aliphatic rings. The number of quaternary nitrogens is 1. The SMILES string of the molecule is CCCCCCCCCCCCCCCC[N+](C)(C)C.[Br-].[Fe]. The van der Waals surface area contributed by atoms with E-state index in [1.165, 1.54) is 96.4 Å². The number of halogens is 1. The standard InChI is InChI=1S/C19H42N.BrH.Fe/c1-5-6-7-8-9-10-11-12-13-14-15-16-17-18-19-20(2,3)4;;/h5-19H2,1-4H3;1H;/q+1;;/p-1. The Morgan fingerprint density at radius 1 is 0.500 bits per heavy atom. The quantitative estimate of drug-likeness (QED) is 0.217. The fraction of sp³-hybridized carbons (Fsp3) is 1.00. The fourth-order valence-electron chi connectivity index (χ4n) is 2.78. The van der Waals surface area contributed by atoms with Crippen molar-refractivity contribution in [2.45, 2.75) is 96.8 Å². The number of unbranched alkanes of at least 4 members (excludes halogenated alkanes) is 13. The maximum absolute atomic E-state index is 2.29. The van der Waals surface area contributed by atoms with Gasteiger partial charge in [-0.05, 0) is 12.8 Å². The van der Waals surface area contributed by atoms with Gasteiger partial charge in [0.1, 0.15) is 0 Å². The van der Waals surface area contributed by atoms with Crippen molar-refractivity contribution in [1.29, 1.82) is 0 Å². The molecule has 1 nitrogen and oxygen atoms in total. The molecular formula is C19H42BrFeN. The van der Waals surface area contributed by atoms with Gasteiger partial charge in [0, 0.05) is 17.1 Å². The summed E-state index contributed by atoms with van der Waals surface area (Å²) in [5, 5.41) is 0. The van der Waals surface area contributed by atoms with Crippen LogP contribution in [0.1, 0.15) is 96.8 Å². The predicted molar refractivity (Wildman–Crippen MR) is 93.2 cm³/mol. The van der Waals surface area contributed by atoms with Crippen molar-refractivity contribution in [3.8, 4) is 0 Å². The van der Waals surface area contributed by atoms with Gasteiger partial charge in [-0.3, -0.25) is 0 Å². The molecule has 0 rings (SSSR count). The Bertz CT molecular complexity index is 192. The summed E-state index contributed by atoms with van der Waals surface area (Å²) in [5.41, 5.74) is 0. The molecule has 0 spiro atoms. The van der Waals surface area contributed by atoms with Gasteiger partial charge in [0.15, 0.2) is 0 Å². The van der Waals surface area contributed by atoms with Gasteiger partial charge in [-0.2, -0.15) is 0 Å². The van der Waals surface area contributed by atoms with E-state index in [0.717, 1.165) is 4.48 Å². The molecule has 0 aromatic carbocycles. The molecule has 0 unspecified atom stereocenters. The minimum atomic E-state index is 0. The van der Waals surface area contributed by atoms with Gasteiger partial charge >= 0.3 is 0 Å². The van der Waals surface area contributed by atoms with Gasteiger partial charge in [0.05, 0.1) is 27.7 Å². The Balaban J connectivity index is -0.00000180. The molecule has 0 amide bonds. The Labute approximate surface area is 162 Å². The zero-order chi connectivity index (χ0) is 15.1. The summed E-state index contributed by atoms with van der Waals surface area (Å²) < 4.78 is 1.12. The summed E-state index contributed by atoms with van der Waals surface area (Å²) in [6.07, 6.45) is 20.4. The van der Waals surface area contributed by atoms with Gasteiger partial charge in [-0.25, -0.2) is 0 Å². The Hall–Kier alpha value is 0.959. The summed E-state index contributed by atoms with van der Waals surface area (Å²) in [4.78, 5) is 0. The van der Waals surface area contributed by atoms with Crippen LogP contribution in [0.3, 0.4) is 0 Å². The van der Waals surface area contributed by atoms with Crippen LogP contribution < -0.4 is 17.0 Å². The second-order valence-corrected chi connectivity index (χ2v) is 7.61. The maximum Gasteiger partial charge on any atom is 0.0780 e. The van der Waals surface area contributed by atoms with E-state index in [1.807, 2.05) is 0 Å². The van der Waals surface area contributed by atoms with Gasteiger partial charge < -0.3 is 21.5 Å². The molecule has 0 saturated carbocycles. The van der Waals surface area contributed by atoms with Crippen molar-refractivity contribution in [2.24, 2.45) is 0 Å². The fourth-order valence-corrected chi connectivity index (χ4v) is 2.78. The molecule has 0 atom stereocenters. The smallest absolute Gasteiger partial charge is 0.0780 e. The van der Waals surface area contributed by atoms with E-state index >= 15 is 0 Å². The number of rotatable bonds is 15. The van der Waals surface area contributed by atoms with Crippen molar-refractivity contribution >= 4 is 0 Å². The second-order valence-electron chi connectivity index (χ2n) is 7.61. The van der Waals surface area contributed by atoms with Crippen molar-refractivity contribution in [2.75, 3.05) is 27.7 Å². The first-order valence-corrected chi connectivity index (χ1v) is 9.36. The van der Waals surface area contributed by atoms with Crippen molar-refractivity contribution in [3.05, 3.63) is 0 Å². The third-order valence-corrected chi connectivity index (χ3v) is 4.18. The molecule has 0 fully saturated rings. The molecule has 0 bridgehead atoms. The van der Waals surface area contributed by atoms with Crippen LogP contribution in [-0.4, -0.2) is 32.2 Å². The third-order valence-electron chi connectivity index (χ3n) is 4.18. The molecule has 0 N–H and O–H groups in total. The van der Waals surface area contributed by atoms with E-state index in [1.54, 1.807) is 0 Å². The van der Waals surface area contributed by atoms with Crippen LogP contribution in [0.4, 0.5) is 0 Å². The molecule has 0 saturated heterocycles. The molecule has 0 heterocycles. The number of nitrogens with zero attached hydrogens (tertiary/aromatic N) is 1. The number of hydrogen-bond acceptors (Lipinski definition) is 0. The van der Waals surface area contributed by atoms with Crippen LogP contribution in [0.25, 0.3) is 0 Å². The molecule has 0 aromatic rings. The van der Waals surface area contributed by atoms with E-state index in [9.17, 15) is 0 Å². The average molecular weight is 420 g/mol. The monoisotopic (exact) mass is 419 g/mol. The summed E-state index contributed by atoms with van der Waals surface area (Å²) in [6, 6.07) is 0. The van der Waals surface area contributed by atoms with Crippen LogP contribution in [0.2, 0.25) is 0 Å². The molecule has 0 aliphatic carbocycles. The molecule has 0 radical (unpaired) electrons. The molecule has 0 aliphatic heterocycles. The Morgan fingerprint density at radius 3 is 1.05 bits per heavy atom. The molecular weight excluding hydrogens is 378 g/mol. The first kappa shape index (κ1) is 27.8. The van der Waals surface area contributed by atoms with E-state index < -0.39 is 0 Å². The van der Waals surface area contributed by atoms with Crippen LogP contribution in [-0.2, 0) is 17.1 Å². The summed E-state index contributed by atoms with van der Waals surface area (Å²) in [5.74, 6) is 0. The predicted octanol–water partition coefficient (Wildman–Crippen LogP) is 3.18. The zero-order valence-corrected chi connectivity index (χ0v) is 18.5. The van der Waals surface area contributed by atoms with Crippen molar-refractivity contribution < 1.29 is 38.5 Å². The molecule has 0 aromatic heterocycles. The van der Waals surface area contributed by atoms with Crippen LogP contribution in [0.15, 0.2) is 0 Å². The third kappa shape index (κ3) is 25.9. The second kappa shape index (κ2) is 20.0. The first-order chi connectivity index (χ1) is 9.56. The van der Waals surface area contributed by atoms with E-state index in [4.69, 9.17) is 0 Å². The van der Waals surface area contributed by atoms with Crippen LogP contribution in [0, 0.1) is 0 Å². The number of hydrogen-bond donors (Lipinski definition) is 0. The van der Waals surface area contributed by atoms with Gasteiger partial charge in [0.25, 0.3) is 0 Å². The summed E-state index contributed by atoms with van der Waals surface area (Å²) in [6.45, 7) is 3.63. The maximum atomic E-state index is 2.29. The molecule has 138 valence electrons. The Morgan fingerprint density at radius 2 is 0.773 bits per heavy atom. The van der Waals surface area contributed by atoms with E-state index in [-0.39, 0.29) is 34.1 Å².